The number of H-pyrrole nitrogens is 1. The van der Waals surface area contributed by atoms with Crippen molar-refractivity contribution in [2.24, 2.45) is 5.92 Å². The Bertz CT molecular complexity index is 1420. The standard InChI is InChI=1S/C28H33N5O5/c1-4-20-25(35)32-10-6-9-22(32)28(37)33(20)26(36)27(2,38-28)30-24(34)16-11-18-17-7-5-8-19-23(17)15(13-29-19)12-21(18)31(3)14-16/h5,7-8,11,13,16,20-22,29,37H,4,6,9-10,12,14H2,1-3H3,(H,30,34)/t16-,20+,21-,22+,27-,28+/m1/s1. The number of nitrogens with one attached hydrogen (secondary N) is 2. The van der Waals surface area contributed by atoms with Gasteiger partial charge in [0.05, 0.1) is 5.92 Å². The predicted octanol–water partition coefficient (Wildman–Crippen LogP) is 1.16. The Morgan fingerprint density at radius 1 is 1.32 bits per heavy atom. The summed E-state index contributed by atoms with van der Waals surface area (Å²) in [6.45, 7) is 4.30. The lowest BCUT2D eigenvalue weighted by atomic mass is 9.79. The van der Waals surface area contributed by atoms with E-state index in [1.807, 2.05) is 26.1 Å². The quantitative estimate of drug-likeness (QED) is 0.560. The van der Waals surface area contributed by atoms with Gasteiger partial charge in [-0.3, -0.25) is 28.9 Å². The molecule has 6 atom stereocenters. The Balaban J connectivity index is 1.20. The number of rotatable bonds is 3. The molecule has 0 unspecified atom stereocenters. The van der Waals surface area contributed by atoms with Crippen LogP contribution in [0.2, 0.25) is 0 Å². The molecule has 4 aliphatic heterocycles. The van der Waals surface area contributed by atoms with Crippen molar-refractivity contribution in [3.63, 3.8) is 0 Å². The van der Waals surface area contributed by atoms with Gasteiger partial charge in [-0.15, -0.1) is 0 Å². The third-order valence-corrected chi connectivity index (χ3v) is 9.25. The molecule has 10 heteroatoms. The number of aromatic nitrogens is 1. The molecule has 3 amide bonds. The van der Waals surface area contributed by atoms with Crippen molar-refractivity contribution in [2.45, 2.75) is 69.3 Å². The zero-order valence-corrected chi connectivity index (χ0v) is 21.9. The largest absolute Gasteiger partial charge is 0.361 e. The average Bonchev–Trinajstić information content (AvgIpc) is 3.59. The first-order chi connectivity index (χ1) is 18.2. The van der Waals surface area contributed by atoms with Crippen molar-refractivity contribution in [2.75, 3.05) is 20.1 Å². The van der Waals surface area contributed by atoms with Gasteiger partial charge in [-0.2, -0.15) is 0 Å². The summed E-state index contributed by atoms with van der Waals surface area (Å²) in [5.41, 5.74) is 2.79. The third-order valence-electron chi connectivity index (χ3n) is 9.25. The molecular formula is C28H33N5O5. The molecule has 1 aromatic heterocycles. The fourth-order valence-electron chi connectivity index (χ4n) is 7.46. The van der Waals surface area contributed by atoms with Crippen LogP contribution in [0.15, 0.2) is 30.5 Å². The molecular weight excluding hydrogens is 486 g/mol. The van der Waals surface area contributed by atoms with Crippen LogP contribution in [0.1, 0.15) is 44.2 Å². The third kappa shape index (κ3) is 3.02. The number of benzene rings is 1. The summed E-state index contributed by atoms with van der Waals surface area (Å²) in [7, 11) is 2.02. The van der Waals surface area contributed by atoms with Crippen molar-refractivity contribution >= 4 is 34.2 Å². The Kier molecular flexibility index (Phi) is 4.97. The van der Waals surface area contributed by atoms with E-state index in [0.29, 0.717) is 25.9 Å². The minimum absolute atomic E-state index is 0.160. The van der Waals surface area contributed by atoms with Gasteiger partial charge in [0, 0.05) is 36.2 Å². The second-order valence-electron chi connectivity index (χ2n) is 11.5. The molecule has 38 heavy (non-hydrogen) atoms. The Morgan fingerprint density at radius 2 is 2.13 bits per heavy atom. The molecule has 0 spiro atoms. The maximum Gasteiger partial charge on any atom is 0.280 e. The Morgan fingerprint density at radius 3 is 2.92 bits per heavy atom. The van der Waals surface area contributed by atoms with Gasteiger partial charge in [-0.1, -0.05) is 25.1 Å². The molecule has 5 heterocycles. The van der Waals surface area contributed by atoms with E-state index in [-0.39, 0.29) is 17.9 Å². The van der Waals surface area contributed by atoms with Crippen LogP contribution >= 0.6 is 0 Å². The summed E-state index contributed by atoms with van der Waals surface area (Å²) in [5.74, 6) is -3.60. The SMILES string of the molecule is CC[C@H]1C(=O)N2CCC[C@H]2[C@]2(O)O[C@@](C)(NC(=O)[C@@H]3C=C4c5cccc6[nH]cc(c56)C[C@H]4N(C)C3)C(=O)N12. The zero-order chi connectivity index (χ0) is 26.6. The summed E-state index contributed by atoms with van der Waals surface area (Å²) >= 11 is 0. The van der Waals surface area contributed by atoms with E-state index >= 15 is 0 Å². The minimum atomic E-state index is -1.97. The van der Waals surface area contributed by atoms with Gasteiger partial charge in [0.2, 0.25) is 17.5 Å². The molecule has 1 aromatic carbocycles. The summed E-state index contributed by atoms with van der Waals surface area (Å²) in [6, 6.07) is 4.85. The summed E-state index contributed by atoms with van der Waals surface area (Å²) in [4.78, 5) is 48.9. The van der Waals surface area contributed by atoms with E-state index in [9.17, 15) is 19.5 Å². The highest BCUT2D eigenvalue weighted by atomic mass is 16.7. The van der Waals surface area contributed by atoms with Crippen LogP contribution in [0.3, 0.4) is 0 Å². The fraction of sp³-hybridized carbons (Fsp3) is 0.536. The van der Waals surface area contributed by atoms with E-state index in [2.05, 4.69) is 33.5 Å². The molecule has 2 aromatic rings. The van der Waals surface area contributed by atoms with E-state index in [0.717, 1.165) is 29.5 Å². The zero-order valence-electron chi connectivity index (χ0n) is 21.9. The van der Waals surface area contributed by atoms with Crippen LogP contribution < -0.4 is 5.32 Å². The molecule has 5 aliphatic rings. The summed E-state index contributed by atoms with van der Waals surface area (Å²) < 4.78 is 6.09. The number of ether oxygens (including phenoxy) is 1. The highest BCUT2D eigenvalue weighted by molar-refractivity contribution is 6.00. The van der Waals surface area contributed by atoms with Crippen molar-refractivity contribution in [1.29, 1.82) is 0 Å². The minimum Gasteiger partial charge on any atom is -0.361 e. The molecule has 0 saturated carbocycles. The molecule has 7 rings (SSSR count). The van der Waals surface area contributed by atoms with Crippen LogP contribution in [-0.4, -0.2) is 92.4 Å². The van der Waals surface area contributed by atoms with Crippen molar-refractivity contribution in [1.82, 2.24) is 25.0 Å². The highest BCUT2D eigenvalue weighted by Gasteiger charge is 2.69. The Labute approximate surface area is 220 Å². The first-order valence-electron chi connectivity index (χ1n) is 13.6. The second kappa shape index (κ2) is 7.91. The first-order valence-corrected chi connectivity index (χ1v) is 13.6. The number of piperazine rings is 1. The van der Waals surface area contributed by atoms with Gasteiger partial charge < -0.3 is 20.3 Å². The van der Waals surface area contributed by atoms with Gasteiger partial charge in [-0.25, -0.2) is 0 Å². The van der Waals surface area contributed by atoms with E-state index in [1.54, 1.807) is 4.90 Å². The molecule has 0 bridgehead atoms. The maximum atomic E-state index is 13.7. The summed E-state index contributed by atoms with van der Waals surface area (Å²) in [6.07, 6.45) is 6.55. The smallest absolute Gasteiger partial charge is 0.280 e. The number of hydrogen-bond donors (Lipinski definition) is 3. The van der Waals surface area contributed by atoms with Crippen LogP contribution in [0, 0.1) is 5.92 Å². The molecule has 3 N–H and O–H groups in total. The molecule has 0 radical (unpaired) electrons. The second-order valence-corrected chi connectivity index (χ2v) is 11.5. The van der Waals surface area contributed by atoms with Crippen LogP contribution in [-0.2, 0) is 25.5 Å². The topological polar surface area (TPSA) is 118 Å². The van der Waals surface area contributed by atoms with E-state index < -0.39 is 35.5 Å². The number of carbonyl (C=O) groups excluding carboxylic acids is 3. The lowest BCUT2D eigenvalue weighted by Gasteiger charge is -2.48. The summed E-state index contributed by atoms with van der Waals surface area (Å²) in [5, 5.41) is 15.7. The number of hydrogen-bond acceptors (Lipinski definition) is 6. The lowest BCUT2D eigenvalue weighted by Crippen LogP contribution is -2.71. The monoisotopic (exact) mass is 519 g/mol. The van der Waals surface area contributed by atoms with E-state index in [1.165, 1.54) is 22.8 Å². The van der Waals surface area contributed by atoms with Crippen LogP contribution in [0.4, 0.5) is 0 Å². The average molecular weight is 520 g/mol. The molecule has 200 valence electrons. The van der Waals surface area contributed by atoms with E-state index in [4.69, 9.17) is 4.74 Å². The fourth-order valence-corrected chi connectivity index (χ4v) is 7.46. The van der Waals surface area contributed by atoms with Gasteiger partial charge >= 0.3 is 0 Å². The number of fused-ring (bicyclic) bond motifs is 5. The van der Waals surface area contributed by atoms with Crippen LogP contribution in [0.5, 0.6) is 0 Å². The van der Waals surface area contributed by atoms with Crippen molar-refractivity contribution < 1.29 is 24.2 Å². The predicted molar refractivity (Wildman–Crippen MR) is 138 cm³/mol. The molecule has 3 fully saturated rings. The van der Waals surface area contributed by atoms with Gasteiger partial charge in [0.1, 0.15) is 12.1 Å². The van der Waals surface area contributed by atoms with Crippen molar-refractivity contribution in [3.8, 4) is 0 Å². The normalized spacial score (nSPS) is 36.3. The lowest BCUT2D eigenvalue weighted by molar-refractivity contribution is -0.315. The van der Waals surface area contributed by atoms with Crippen molar-refractivity contribution in [3.05, 3.63) is 41.6 Å². The van der Waals surface area contributed by atoms with Gasteiger partial charge in [0.15, 0.2) is 0 Å². The number of aliphatic hydroxyl groups is 1. The molecule has 1 aliphatic carbocycles. The first kappa shape index (κ1) is 23.9. The molecule has 10 nitrogen and oxygen atoms in total. The highest BCUT2D eigenvalue weighted by Crippen LogP contribution is 2.46. The Hall–Kier alpha value is -3.21. The molecule has 3 saturated heterocycles. The van der Waals surface area contributed by atoms with Gasteiger partial charge in [-0.05, 0) is 62.4 Å². The number of nitrogens with zero attached hydrogens (tertiary/aromatic N) is 3. The number of amides is 3. The van der Waals surface area contributed by atoms with Gasteiger partial charge in [0.25, 0.3) is 11.8 Å². The van der Waals surface area contributed by atoms with Crippen LogP contribution in [0.25, 0.3) is 16.5 Å². The number of aromatic amines is 1. The number of carbonyl (C=O) groups is 3. The number of likely N-dealkylation sites (N-methyl/N-ethyl adjacent to an activating group) is 1. The maximum absolute atomic E-state index is 13.7.